The molecule has 2 aromatic heterocycles. The largest absolute Gasteiger partial charge is 0.375 e. The summed E-state index contributed by atoms with van der Waals surface area (Å²) in [6, 6.07) is 4.10. The molecule has 3 N–H and O–H groups in total. The van der Waals surface area contributed by atoms with Gasteiger partial charge >= 0.3 is 0 Å². The van der Waals surface area contributed by atoms with Crippen LogP contribution in [0.4, 0.5) is 16.1 Å². The molecule has 0 saturated carbocycles. The van der Waals surface area contributed by atoms with Gasteiger partial charge in [-0.15, -0.1) is 15.3 Å². The second-order valence-corrected chi connectivity index (χ2v) is 7.50. The van der Waals surface area contributed by atoms with E-state index in [0.29, 0.717) is 29.8 Å². The second kappa shape index (κ2) is 8.55. The van der Waals surface area contributed by atoms with Crippen molar-refractivity contribution in [2.75, 3.05) is 48.3 Å². The van der Waals surface area contributed by atoms with E-state index >= 15 is 0 Å². The van der Waals surface area contributed by atoms with Crippen molar-refractivity contribution in [2.24, 2.45) is 0 Å². The summed E-state index contributed by atoms with van der Waals surface area (Å²) in [7, 11) is 0. The average molecular weight is 390 g/mol. The molecule has 0 bridgehead atoms. The molecular weight excluding hydrogens is 368 g/mol. The van der Waals surface area contributed by atoms with Crippen molar-refractivity contribution in [2.45, 2.75) is 25.0 Å². The van der Waals surface area contributed by atoms with Crippen LogP contribution in [-0.2, 0) is 9.53 Å². The number of morpholine rings is 1. The molecule has 2 unspecified atom stereocenters. The van der Waals surface area contributed by atoms with Gasteiger partial charge in [-0.2, -0.15) is 5.10 Å². The number of hydrogen-bond donors (Lipinski definition) is 3. The maximum absolute atomic E-state index is 12.1. The van der Waals surface area contributed by atoms with Gasteiger partial charge in [-0.25, -0.2) is 0 Å². The molecule has 0 aromatic carbocycles. The van der Waals surface area contributed by atoms with E-state index in [9.17, 15) is 4.79 Å². The number of amides is 1. The van der Waals surface area contributed by atoms with Crippen LogP contribution in [-0.4, -0.2) is 71.2 Å². The molecule has 4 heterocycles. The van der Waals surface area contributed by atoms with Crippen molar-refractivity contribution >= 4 is 33.3 Å². The van der Waals surface area contributed by atoms with E-state index in [2.05, 4.69) is 41.2 Å². The van der Waals surface area contributed by atoms with Crippen molar-refractivity contribution in [3.63, 3.8) is 0 Å². The first-order valence-electron chi connectivity index (χ1n) is 9.01. The van der Waals surface area contributed by atoms with Gasteiger partial charge in [0.15, 0.2) is 5.82 Å². The van der Waals surface area contributed by atoms with Gasteiger partial charge in [-0.1, -0.05) is 11.3 Å². The van der Waals surface area contributed by atoms with Crippen LogP contribution in [0.2, 0.25) is 0 Å². The lowest BCUT2D eigenvalue weighted by Crippen LogP contribution is -2.40. The van der Waals surface area contributed by atoms with Crippen LogP contribution in [0.15, 0.2) is 18.3 Å². The van der Waals surface area contributed by atoms with Gasteiger partial charge in [0.25, 0.3) is 0 Å². The van der Waals surface area contributed by atoms with Crippen molar-refractivity contribution in [3.8, 4) is 0 Å². The van der Waals surface area contributed by atoms with E-state index in [-0.39, 0.29) is 18.1 Å². The molecule has 2 aliphatic rings. The van der Waals surface area contributed by atoms with Crippen LogP contribution in [0.3, 0.4) is 0 Å². The minimum Gasteiger partial charge on any atom is -0.375 e. The number of carbonyl (C=O) groups is 1. The van der Waals surface area contributed by atoms with Gasteiger partial charge in [0, 0.05) is 38.4 Å². The van der Waals surface area contributed by atoms with Crippen LogP contribution in [0.5, 0.6) is 0 Å². The zero-order chi connectivity index (χ0) is 18.5. The first-order valence-corrected chi connectivity index (χ1v) is 9.83. The number of hydrogen-bond acceptors (Lipinski definition) is 10. The predicted octanol–water partition coefficient (Wildman–Crippen LogP) is 0.336. The van der Waals surface area contributed by atoms with Gasteiger partial charge in [-0.3, -0.25) is 4.79 Å². The van der Waals surface area contributed by atoms with Crippen molar-refractivity contribution in [1.82, 2.24) is 25.7 Å². The Bertz CT molecular complexity index is 752. The molecule has 1 amide bonds. The van der Waals surface area contributed by atoms with Crippen LogP contribution < -0.4 is 20.9 Å². The molecule has 2 saturated heterocycles. The van der Waals surface area contributed by atoms with E-state index in [1.165, 1.54) is 11.3 Å². The third-order valence-electron chi connectivity index (χ3n) is 4.49. The fourth-order valence-corrected chi connectivity index (χ4v) is 3.92. The maximum atomic E-state index is 12.1. The number of nitrogens with zero attached hydrogens (tertiary/aromatic N) is 5. The van der Waals surface area contributed by atoms with Gasteiger partial charge in [0.05, 0.1) is 19.1 Å². The Labute approximate surface area is 160 Å². The van der Waals surface area contributed by atoms with Gasteiger partial charge in [-0.05, 0) is 18.6 Å². The monoisotopic (exact) mass is 390 g/mol. The number of nitrogens with one attached hydrogen (secondary N) is 3. The number of anilines is 3. The lowest BCUT2D eigenvalue weighted by atomic mass is 10.2. The van der Waals surface area contributed by atoms with Crippen molar-refractivity contribution in [1.29, 1.82) is 0 Å². The Balaban J connectivity index is 1.25. The third kappa shape index (κ3) is 4.87. The highest BCUT2D eigenvalue weighted by Gasteiger charge is 2.25. The second-order valence-electron chi connectivity index (χ2n) is 6.52. The first-order chi connectivity index (χ1) is 13.3. The minimum atomic E-state index is -0.110. The molecule has 10 nitrogen and oxygen atoms in total. The smallest absolute Gasteiger partial charge is 0.228 e. The number of ether oxygens (including phenoxy) is 1. The maximum Gasteiger partial charge on any atom is 0.228 e. The summed E-state index contributed by atoms with van der Waals surface area (Å²) in [5.41, 5.74) is 0. The summed E-state index contributed by atoms with van der Waals surface area (Å²) in [5, 5.41) is 26.8. The number of aromatic nitrogens is 4. The highest BCUT2D eigenvalue weighted by Crippen LogP contribution is 2.24. The van der Waals surface area contributed by atoms with E-state index in [1.807, 2.05) is 12.1 Å². The lowest BCUT2D eigenvalue weighted by molar-refractivity contribution is -0.119. The molecular formula is C16H22N8O2S. The Morgan fingerprint density at radius 3 is 3.11 bits per heavy atom. The Kier molecular flexibility index (Phi) is 5.70. The molecule has 144 valence electrons. The minimum absolute atomic E-state index is 0.0881. The zero-order valence-corrected chi connectivity index (χ0v) is 15.6. The molecule has 2 fully saturated rings. The van der Waals surface area contributed by atoms with E-state index in [4.69, 9.17) is 4.74 Å². The summed E-state index contributed by atoms with van der Waals surface area (Å²) in [5.74, 6) is 0.771. The standard InChI is InChI=1S/C16H22N8O2S/c25-14(8-12-9-17-5-7-26-12)20-16-23-22-15(27-16)19-11-3-6-24(10-11)13-2-1-4-18-21-13/h1-2,4,11-12,17H,3,5-10H2,(H,19,22)(H,20,23,25). The van der Waals surface area contributed by atoms with Crippen molar-refractivity contribution < 1.29 is 9.53 Å². The fraction of sp³-hybridized carbons (Fsp3) is 0.562. The first kappa shape index (κ1) is 18.0. The summed E-state index contributed by atoms with van der Waals surface area (Å²) in [6.07, 6.45) is 2.87. The molecule has 11 heteroatoms. The van der Waals surface area contributed by atoms with Crippen LogP contribution in [0, 0.1) is 0 Å². The van der Waals surface area contributed by atoms with E-state index < -0.39 is 0 Å². The molecule has 2 aromatic rings. The predicted molar refractivity (Wildman–Crippen MR) is 102 cm³/mol. The topological polar surface area (TPSA) is 117 Å². The summed E-state index contributed by atoms with van der Waals surface area (Å²) >= 11 is 1.34. The Hall–Kier alpha value is -2.37. The molecule has 4 rings (SSSR count). The van der Waals surface area contributed by atoms with E-state index in [0.717, 1.165) is 31.9 Å². The number of rotatable bonds is 6. The molecule has 2 aliphatic heterocycles. The molecule has 0 aliphatic carbocycles. The van der Waals surface area contributed by atoms with Gasteiger partial charge in [0.2, 0.25) is 16.2 Å². The van der Waals surface area contributed by atoms with Gasteiger partial charge in [0.1, 0.15) is 0 Å². The molecule has 0 spiro atoms. The number of carbonyl (C=O) groups excluding carboxylic acids is 1. The Morgan fingerprint density at radius 2 is 2.30 bits per heavy atom. The van der Waals surface area contributed by atoms with Crippen LogP contribution >= 0.6 is 11.3 Å². The van der Waals surface area contributed by atoms with Crippen LogP contribution in [0.25, 0.3) is 0 Å². The molecule has 2 atom stereocenters. The summed E-state index contributed by atoms with van der Waals surface area (Å²) < 4.78 is 5.54. The fourth-order valence-electron chi connectivity index (χ4n) is 3.18. The van der Waals surface area contributed by atoms with E-state index in [1.54, 1.807) is 6.20 Å². The average Bonchev–Trinajstić information content (AvgIpc) is 3.33. The SMILES string of the molecule is O=C(CC1CNCCO1)Nc1nnc(NC2CCN(c3cccnn3)C2)s1. The Morgan fingerprint density at radius 1 is 1.37 bits per heavy atom. The highest BCUT2D eigenvalue weighted by atomic mass is 32.1. The lowest BCUT2D eigenvalue weighted by Gasteiger charge is -2.22. The van der Waals surface area contributed by atoms with Crippen LogP contribution in [0.1, 0.15) is 12.8 Å². The zero-order valence-electron chi connectivity index (χ0n) is 14.8. The van der Waals surface area contributed by atoms with Gasteiger partial charge < -0.3 is 25.6 Å². The third-order valence-corrected chi connectivity index (χ3v) is 5.26. The summed E-state index contributed by atoms with van der Waals surface area (Å²) in [6.45, 7) is 3.90. The normalized spacial score (nSPS) is 22.6. The molecule has 0 radical (unpaired) electrons. The highest BCUT2D eigenvalue weighted by molar-refractivity contribution is 7.19. The quantitative estimate of drug-likeness (QED) is 0.641. The molecule has 27 heavy (non-hydrogen) atoms. The van der Waals surface area contributed by atoms with Crippen molar-refractivity contribution in [3.05, 3.63) is 18.3 Å². The summed E-state index contributed by atoms with van der Waals surface area (Å²) in [4.78, 5) is 14.3.